The van der Waals surface area contributed by atoms with Crippen molar-refractivity contribution in [2.45, 2.75) is 24.1 Å². The Kier molecular flexibility index (Phi) is 6.07. The van der Waals surface area contributed by atoms with Crippen molar-refractivity contribution in [2.75, 3.05) is 13.7 Å². The molecule has 106 valence electrons. The fourth-order valence-corrected chi connectivity index (χ4v) is 2.80. The van der Waals surface area contributed by atoms with Crippen molar-refractivity contribution in [1.29, 1.82) is 0 Å². The van der Waals surface area contributed by atoms with Crippen LogP contribution in [0.4, 0.5) is 0 Å². The van der Waals surface area contributed by atoms with Gasteiger partial charge in [-0.2, -0.15) is 0 Å². The largest absolute Gasteiger partial charge is 0.385 e. The molecule has 1 aromatic rings. The molecule has 2 rings (SSSR count). The normalized spacial score (nSPS) is 18.7. The fourth-order valence-electron chi connectivity index (χ4n) is 2.13. The fraction of sp³-hybridized carbons (Fsp3) is 0.375. The molecular weight excluding hydrogens is 334 g/mol. The van der Waals surface area contributed by atoms with E-state index in [1.54, 1.807) is 7.11 Å². The van der Waals surface area contributed by atoms with E-state index in [1.165, 1.54) is 5.56 Å². The highest BCUT2D eigenvalue weighted by Gasteiger charge is 2.21. The number of benzene rings is 1. The molecule has 4 heteroatoms. The summed E-state index contributed by atoms with van der Waals surface area (Å²) in [5, 5.41) is 0. The Balaban J connectivity index is 2.09. The summed E-state index contributed by atoms with van der Waals surface area (Å²) in [5.41, 5.74) is 3.42. The lowest BCUT2D eigenvalue weighted by Gasteiger charge is -2.19. The van der Waals surface area contributed by atoms with Crippen molar-refractivity contribution in [3.8, 4) is 0 Å². The molecule has 0 amide bonds. The SMILES string of the molecule is COCCCC1=CC(=S)C(Br)C(Cc2ccccc2)=N1. The van der Waals surface area contributed by atoms with E-state index in [4.69, 9.17) is 21.9 Å². The van der Waals surface area contributed by atoms with Crippen LogP contribution in [0.25, 0.3) is 0 Å². The van der Waals surface area contributed by atoms with E-state index in [9.17, 15) is 0 Å². The lowest BCUT2D eigenvalue weighted by molar-refractivity contribution is 0.195. The molecule has 1 aliphatic rings. The van der Waals surface area contributed by atoms with E-state index in [0.29, 0.717) is 0 Å². The third-order valence-corrected chi connectivity index (χ3v) is 4.83. The number of rotatable bonds is 6. The summed E-state index contributed by atoms with van der Waals surface area (Å²) in [5.74, 6) is 0. The Morgan fingerprint density at radius 1 is 1.30 bits per heavy atom. The molecule has 1 aliphatic heterocycles. The second kappa shape index (κ2) is 7.81. The van der Waals surface area contributed by atoms with Crippen molar-refractivity contribution >= 4 is 38.7 Å². The van der Waals surface area contributed by atoms with Gasteiger partial charge in [-0.15, -0.1) is 0 Å². The van der Waals surface area contributed by atoms with Crippen LogP contribution in [-0.2, 0) is 11.2 Å². The average molecular weight is 352 g/mol. The van der Waals surface area contributed by atoms with E-state index in [-0.39, 0.29) is 4.83 Å². The summed E-state index contributed by atoms with van der Waals surface area (Å²) in [7, 11) is 1.72. The molecule has 1 aromatic carbocycles. The minimum atomic E-state index is 0.0730. The minimum absolute atomic E-state index is 0.0730. The molecular formula is C16H18BrNOS. The van der Waals surface area contributed by atoms with Crippen molar-refractivity contribution in [3.63, 3.8) is 0 Å². The van der Waals surface area contributed by atoms with Gasteiger partial charge in [0.1, 0.15) is 0 Å². The molecule has 0 saturated carbocycles. The lowest BCUT2D eigenvalue weighted by atomic mass is 10.0. The number of allylic oxidation sites excluding steroid dienone is 2. The second-order valence-corrected chi connectivity index (χ2v) is 6.15. The topological polar surface area (TPSA) is 21.6 Å². The third-order valence-electron chi connectivity index (χ3n) is 3.15. The van der Waals surface area contributed by atoms with Gasteiger partial charge in [0.25, 0.3) is 0 Å². The van der Waals surface area contributed by atoms with Gasteiger partial charge in [-0.3, -0.25) is 4.99 Å². The van der Waals surface area contributed by atoms with Crippen LogP contribution in [0.2, 0.25) is 0 Å². The molecule has 0 aliphatic carbocycles. The number of thiocarbonyl (C=S) groups is 1. The van der Waals surface area contributed by atoms with Gasteiger partial charge in [-0.1, -0.05) is 58.5 Å². The molecule has 0 fully saturated rings. The Morgan fingerprint density at radius 2 is 2.05 bits per heavy atom. The van der Waals surface area contributed by atoms with E-state index >= 15 is 0 Å². The summed E-state index contributed by atoms with van der Waals surface area (Å²) >= 11 is 9.09. The van der Waals surface area contributed by atoms with Crippen molar-refractivity contribution < 1.29 is 4.74 Å². The van der Waals surface area contributed by atoms with Gasteiger partial charge < -0.3 is 4.74 Å². The maximum absolute atomic E-state index is 5.44. The van der Waals surface area contributed by atoms with Gasteiger partial charge in [-0.05, 0) is 24.5 Å². The average Bonchev–Trinajstić information content (AvgIpc) is 2.45. The van der Waals surface area contributed by atoms with Crippen LogP contribution in [0.5, 0.6) is 0 Å². The van der Waals surface area contributed by atoms with Gasteiger partial charge in [0.2, 0.25) is 0 Å². The summed E-state index contributed by atoms with van der Waals surface area (Å²) in [6, 6.07) is 10.4. The number of aliphatic imine (C=N–C) groups is 1. The Labute approximate surface area is 134 Å². The third kappa shape index (κ3) is 4.33. The first-order valence-electron chi connectivity index (χ1n) is 6.69. The monoisotopic (exact) mass is 351 g/mol. The number of methoxy groups -OCH3 is 1. The molecule has 1 atom stereocenters. The van der Waals surface area contributed by atoms with Crippen molar-refractivity contribution in [2.24, 2.45) is 4.99 Å². The zero-order chi connectivity index (χ0) is 14.4. The Hall–Kier alpha value is -0.840. The van der Waals surface area contributed by atoms with Gasteiger partial charge in [0, 0.05) is 36.4 Å². The first-order chi connectivity index (χ1) is 9.70. The number of hydrogen-bond donors (Lipinski definition) is 0. The Morgan fingerprint density at radius 3 is 2.75 bits per heavy atom. The summed E-state index contributed by atoms with van der Waals surface area (Å²) in [6.07, 6.45) is 4.73. The highest BCUT2D eigenvalue weighted by molar-refractivity contribution is 9.10. The maximum Gasteiger partial charge on any atom is 0.0883 e. The molecule has 0 spiro atoms. The quantitative estimate of drug-likeness (QED) is 0.436. The van der Waals surface area contributed by atoms with Crippen LogP contribution in [-0.4, -0.2) is 29.1 Å². The number of hydrogen-bond acceptors (Lipinski definition) is 3. The minimum Gasteiger partial charge on any atom is -0.385 e. The number of alkyl halides is 1. The Bertz CT molecular complexity index is 525. The van der Waals surface area contributed by atoms with Crippen LogP contribution < -0.4 is 0 Å². The number of ether oxygens (including phenoxy) is 1. The zero-order valence-corrected chi connectivity index (χ0v) is 13.9. The van der Waals surface area contributed by atoms with Gasteiger partial charge in [-0.25, -0.2) is 0 Å². The van der Waals surface area contributed by atoms with Gasteiger partial charge in [0.05, 0.1) is 4.83 Å². The van der Waals surface area contributed by atoms with Crippen LogP contribution in [0.3, 0.4) is 0 Å². The lowest BCUT2D eigenvalue weighted by Crippen LogP contribution is -2.27. The van der Waals surface area contributed by atoms with Gasteiger partial charge >= 0.3 is 0 Å². The number of halogens is 1. The highest BCUT2D eigenvalue weighted by atomic mass is 79.9. The molecule has 20 heavy (non-hydrogen) atoms. The zero-order valence-electron chi connectivity index (χ0n) is 11.5. The highest BCUT2D eigenvalue weighted by Crippen LogP contribution is 2.21. The molecule has 1 heterocycles. The molecule has 0 bridgehead atoms. The second-order valence-electron chi connectivity index (χ2n) is 4.76. The predicted octanol–water partition coefficient (Wildman–Crippen LogP) is 4.13. The van der Waals surface area contributed by atoms with Crippen LogP contribution >= 0.6 is 28.1 Å². The summed E-state index contributed by atoms with van der Waals surface area (Å²) < 4.78 is 5.09. The molecule has 0 radical (unpaired) electrons. The summed E-state index contributed by atoms with van der Waals surface area (Å²) in [6.45, 7) is 0.755. The maximum atomic E-state index is 5.44. The standard InChI is InChI=1S/C16H18BrNOS/c1-19-9-5-8-13-11-15(20)16(17)14(18-13)10-12-6-3-2-4-7-12/h2-4,6-7,11,16H,5,8-10H2,1H3. The molecule has 0 aromatic heterocycles. The van der Waals surface area contributed by atoms with E-state index in [2.05, 4.69) is 40.2 Å². The van der Waals surface area contributed by atoms with E-state index < -0.39 is 0 Å². The molecule has 1 unspecified atom stereocenters. The molecule has 0 N–H and O–H groups in total. The van der Waals surface area contributed by atoms with Crippen LogP contribution in [0, 0.1) is 0 Å². The van der Waals surface area contributed by atoms with E-state index in [0.717, 1.165) is 42.1 Å². The van der Waals surface area contributed by atoms with Gasteiger partial charge in [0.15, 0.2) is 0 Å². The smallest absolute Gasteiger partial charge is 0.0883 e. The predicted molar refractivity (Wildman–Crippen MR) is 92.1 cm³/mol. The summed E-state index contributed by atoms with van der Waals surface area (Å²) in [4.78, 5) is 5.76. The van der Waals surface area contributed by atoms with Crippen LogP contribution in [0.15, 0.2) is 47.1 Å². The number of nitrogens with zero attached hydrogens (tertiary/aromatic N) is 1. The van der Waals surface area contributed by atoms with E-state index in [1.807, 2.05) is 12.1 Å². The first kappa shape index (κ1) is 15.5. The van der Waals surface area contributed by atoms with Crippen LogP contribution in [0.1, 0.15) is 18.4 Å². The van der Waals surface area contributed by atoms with Crippen molar-refractivity contribution in [3.05, 3.63) is 47.7 Å². The first-order valence-corrected chi connectivity index (χ1v) is 8.02. The molecule has 2 nitrogen and oxygen atoms in total. The van der Waals surface area contributed by atoms with Crippen molar-refractivity contribution in [1.82, 2.24) is 0 Å². The molecule has 0 saturated heterocycles.